The topological polar surface area (TPSA) is 88.8 Å². The maximum absolute atomic E-state index is 12.5. The maximum Gasteiger partial charge on any atom is 0.288 e. The van der Waals surface area contributed by atoms with Crippen molar-refractivity contribution in [2.75, 3.05) is 10.6 Å². The second kappa shape index (κ2) is 8.00. The van der Waals surface area contributed by atoms with Crippen molar-refractivity contribution in [3.05, 3.63) is 88.3 Å². The van der Waals surface area contributed by atoms with Gasteiger partial charge in [-0.05, 0) is 62.4 Å². The zero-order chi connectivity index (χ0) is 21.2. The minimum Gasteiger partial charge on any atom is -0.457 e. The smallest absolute Gasteiger partial charge is 0.288 e. The summed E-state index contributed by atoms with van der Waals surface area (Å²) in [4.78, 5) is 12.2. The maximum atomic E-state index is 12.5. The van der Waals surface area contributed by atoms with Crippen molar-refractivity contribution in [3.8, 4) is 11.5 Å². The van der Waals surface area contributed by atoms with Gasteiger partial charge in [0.15, 0.2) is 0 Å². The predicted octanol–water partition coefficient (Wildman–Crippen LogP) is 3.71. The molecule has 29 heavy (non-hydrogen) atoms. The molecule has 0 aliphatic heterocycles. The highest BCUT2D eigenvalue weighted by Gasteiger charge is 2.27. The molecule has 1 unspecified atom stereocenters. The summed E-state index contributed by atoms with van der Waals surface area (Å²) in [6.45, 7) is 3.58. The van der Waals surface area contributed by atoms with E-state index in [4.69, 9.17) is 4.74 Å². The van der Waals surface area contributed by atoms with E-state index >= 15 is 0 Å². The van der Waals surface area contributed by atoms with Gasteiger partial charge in [-0.2, -0.15) is 4.73 Å². The van der Waals surface area contributed by atoms with Gasteiger partial charge in [0, 0.05) is 11.8 Å². The van der Waals surface area contributed by atoms with E-state index in [0.717, 1.165) is 16.1 Å². The standard InChI is InChI=1S/C21H22N2O5S/c1-15-6-10-18(11-7-15)28-19-12-8-17(9-13-19)23(29(3,26)27)16(2)20-5-4-14-22(25)21(20)24/h4-14,16,25H,1-3H3. The number of sulfonamides is 1. The largest absolute Gasteiger partial charge is 0.457 e. The highest BCUT2D eigenvalue weighted by Crippen LogP contribution is 2.31. The fourth-order valence-electron chi connectivity index (χ4n) is 3.05. The van der Waals surface area contributed by atoms with E-state index in [-0.39, 0.29) is 5.56 Å². The van der Waals surface area contributed by atoms with Crippen LogP contribution < -0.4 is 14.6 Å². The Balaban J connectivity index is 1.92. The van der Waals surface area contributed by atoms with Crippen LogP contribution in [0.15, 0.2) is 71.7 Å². The van der Waals surface area contributed by atoms with Crippen molar-refractivity contribution < 1.29 is 18.4 Å². The number of aryl methyl sites for hydroxylation is 1. The molecule has 1 aromatic heterocycles. The molecule has 0 fully saturated rings. The number of hydrogen-bond donors (Lipinski definition) is 1. The van der Waals surface area contributed by atoms with Gasteiger partial charge in [0.2, 0.25) is 10.0 Å². The zero-order valence-corrected chi connectivity index (χ0v) is 17.1. The summed E-state index contributed by atoms with van der Waals surface area (Å²) < 4.78 is 32.3. The van der Waals surface area contributed by atoms with Crippen molar-refractivity contribution in [1.29, 1.82) is 0 Å². The summed E-state index contributed by atoms with van der Waals surface area (Å²) in [7, 11) is -3.71. The van der Waals surface area contributed by atoms with Crippen LogP contribution in [0, 0.1) is 6.92 Å². The van der Waals surface area contributed by atoms with Crippen LogP contribution in [0.4, 0.5) is 5.69 Å². The summed E-state index contributed by atoms with van der Waals surface area (Å²) >= 11 is 0. The van der Waals surface area contributed by atoms with Crippen LogP contribution in [0.25, 0.3) is 0 Å². The van der Waals surface area contributed by atoms with Gasteiger partial charge in [0.1, 0.15) is 11.5 Å². The number of hydrogen-bond acceptors (Lipinski definition) is 5. The number of benzene rings is 2. The van der Waals surface area contributed by atoms with Gasteiger partial charge in [-0.25, -0.2) is 8.42 Å². The third-order valence-corrected chi connectivity index (χ3v) is 5.71. The summed E-state index contributed by atoms with van der Waals surface area (Å²) in [5, 5.41) is 9.62. The molecular formula is C21H22N2O5S. The van der Waals surface area contributed by atoms with Gasteiger partial charge in [-0.15, -0.1) is 0 Å². The molecule has 0 amide bonds. The molecule has 8 heteroatoms. The molecule has 0 aliphatic rings. The summed E-state index contributed by atoms with van der Waals surface area (Å²) in [6.07, 6.45) is 2.27. The third-order valence-electron chi connectivity index (χ3n) is 4.47. The fraction of sp³-hybridized carbons (Fsp3) is 0.190. The van der Waals surface area contributed by atoms with E-state index in [1.807, 2.05) is 31.2 Å². The SMILES string of the molecule is Cc1ccc(Oc2ccc(N(C(C)c3cccn(O)c3=O)S(C)(=O)=O)cc2)cc1. The molecule has 0 aliphatic carbocycles. The first-order valence-corrected chi connectivity index (χ1v) is 10.8. The third kappa shape index (κ3) is 4.60. The van der Waals surface area contributed by atoms with Crippen LogP contribution in [-0.2, 0) is 10.0 Å². The zero-order valence-electron chi connectivity index (χ0n) is 16.3. The van der Waals surface area contributed by atoms with Crippen molar-refractivity contribution >= 4 is 15.7 Å². The summed E-state index contributed by atoms with van der Waals surface area (Å²) in [5.74, 6) is 1.22. The van der Waals surface area contributed by atoms with Crippen molar-refractivity contribution in [2.24, 2.45) is 0 Å². The number of nitrogens with zero attached hydrogens (tertiary/aromatic N) is 2. The Kier molecular flexibility index (Phi) is 5.65. The molecule has 7 nitrogen and oxygen atoms in total. The lowest BCUT2D eigenvalue weighted by atomic mass is 10.1. The number of anilines is 1. The van der Waals surface area contributed by atoms with Gasteiger partial charge in [0.05, 0.1) is 18.0 Å². The molecule has 0 spiro atoms. The second-order valence-corrected chi connectivity index (χ2v) is 8.62. The van der Waals surface area contributed by atoms with Gasteiger partial charge in [-0.3, -0.25) is 9.10 Å². The van der Waals surface area contributed by atoms with Crippen LogP contribution in [0.5, 0.6) is 11.5 Å². The van der Waals surface area contributed by atoms with E-state index < -0.39 is 21.6 Å². The summed E-state index contributed by atoms with van der Waals surface area (Å²) in [5.41, 5.74) is 0.978. The molecule has 2 aromatic carbocycles. The van der Waals surface area contributed by atoms with Crippen LogP contribution in [-0.4, -0.2) is 24.6 Å². The molecule has 152 valence electrons. The molecule has 0 saturated heterocycles. The lowest BCUT2D eigenvalue weighted by Gasteiger charge is -2.29. The minimum absolute atomic E-state index is 0.153. The first kappa shape index (κ1) is 20.5. The van der Waals surface area contributed by atoms with Gasteiger partial charge >= 0.3 is 0 Å². The Morgan fingerprint density at radius 1 is 1.00 bits per heavy atom. The van der Waals surface area contributed by atoms with E-state index in [1.165, 1.54) is 18.3 Å². The lowest BCUT2D eigenvalue weighted by Crippen LogP contribution is -2.36. The average Bonchev–Trinajstić information content (AvgIpc) is 2.66. The number of rotatable bonds is 6. The molecule has 3 rings (SSSR count). The Morgan fingerprint density at radius 3 is 2.10 bits per heavy atom. The highest BCUT2D eigenvalue weighted by atomic mass is 32.2. The van der Waals surface area contributed by atoms with E-state index in [0.29, 0.717) is 21.9 Å². The Labute approximate surface area is 169 Å². The van der Waals surface area contributed by atoms with Crippen LogP contribution in [0.2, 0.25) is 0 Å². The lowest BCUT2D eigenvalue weighted by molar-refractivity contribution is 0.173. The van der Waals surface area contributed by atoms with Crippen LogP contribution >= 0.6 is 0 Å². The van der Waals surface area contributed by atoms with Crippen molar-refractivity contribution in [3.63, 3.8) is 0 Å². The van der Waals surface area contributed by atoms with Crippen molar-refractivity contribution in [2.45, 2.75) is 19.9 Å². The molecule has 3 aromatic rings. The first-order chi connectivity index (χ1) is 13.7. The minimum atomic E-state index is -3.71. The second-order valence-electron chi connectivity index (χ2n) is 6.76. The van der Waals surface area contributed by atoms with Gasteiger partial charge in [0.25, 0.3) is 5.56 Å². The van der Waals surface area contributed by atoms with Crippen LogP contribution in [0.1, 0.15) is 24.1 Å². The monoisotopic (exact) mass is 414 g/mol. The molecule has 0 radical (unpaired) electrons. The van der Waals surface area contributed by atoms with Crippen LogP contribution in [0.3, 0.4) is 0 Å². The number of ether oxygens (including phenoxy) is 1. The highest BCUT2D eigenvalue weighted by molar-refractivity contribution is 7.92. The average molecular weight is 414 g/mol. The van der Waals surface area contributed by atoms with E-state index in [9.17, 15) is 18.4 Å². The van der Waals surface area contributed by atoms with Gasteiger partial charge < -0.3 is 9.94 Å². The molecule has 1 atom stereocenters. The first-order valence-electron chi connectivity index (χ1n) is 8.91. The normalized spacial score (nSPS) is 12.4. The molecule has 1 heterocycles. The number of pyridine rings is 1. The summed E-state index contributed by atoms with van der Waals surface area (Å²) in [6, 6.07) is 16.3. The molecule has 0 saturated carbocycles. The predicted molar refractivity (Wildman–Crippen MR) is 111 cm³/mol. The molecular weight excluding hydrogens is 392 g/mol. The van der Waals surface area contributed by atoms with E-state index in [2.05, 4.69) is 0 Å². The Morgan fingerprint density at radius 2 is 1.55 bits per heavy atom. The molecule has 0 bridgehead atoms. The quantitative estimate of drug-likeness (QED) is 0.621. The Bertz CT molecular complexity index is 1150. The fourth-order valence-corrected chi connectivity index (χ4v) is 4.24. The van der Waals surface area contributed by atoms with E-state index in [1.54, 1.807) is 31.2 Å². The molecule has 1 N–H and O–H groups in total. The number of aromatic nitrogens is 1. The Hall–Kier alpha value is -3.26. The van der Waals surface area contributed by atoms with Gasteiger partial charge in [-0.1, -0.05) is 17.7 Å². The van der Waals surface area contributed by atoms with Crippen molar-refractivity contribution in [1.82, 2.24) is 4.73 Å².